The molecule has 1 aromatic carbocycles. The SMILES string of the molecule is C=C1N=C(COc2cc(Cl)c(Oc3cc(C(C)C)c(=O)[nH]n3)c(Cl)c2)NO1. The van der Waals surface area contributed by atoms with Crippen LogP contribution in [0.25, 0.3) is 0 Å². The fourth-order valence-electron chi connectivity index (χ4n) is 2.23. The summed E-state index contributed by atoms with van der Waals surface area (Å²) in [4.78, 5) is 20.7. The van der Waals surface area contributed by atoms with Crippen LogP contribution >= 0.6 is 23.2 Å². The Hall–Kier alpha value is -2.71. The summed E-state index contributed by atoms with van der Waals surface area (Å²) < 4.78 is 11.2. The van der Waals surface area contributed by atoms with Gasteiger partial charge in [0.15, 0.2) is 11.6 Å². The summed E-state index contributed by atoms with van der Waals surface area (Å²) in [5.41, 5.74) is 2.84. The highest BCUT2D eigenvalue weighted by molar-refractivity contribution is 6.37. The molecule has 142 valence electrons. The van der Waals surface area contributed by atoms with Gasteiger partial charge < -0.3 is 14.3 Å². The zero-order valence-electron chi connectivity index (χ0n) is 14.5. The minimum absolute atomic E-state index is 0.00740. The van der Waals surface area contributed by atoms with Crippen LogP contribution in [0.2, 0.25) is 10.0 Å². The summed E-state index contributed by atoms with van der Waals surface area (Å²) >= 11 is 12.5. The van der Waals surface area contributed by atoms with Crippen LogP contribution in [0.3, 0.4) is 0 Å². The molecule has 0 fully saturated rings. The molecule has 3 rings (SSSR count). The second-order valence-electron chi connectivity index (χ2n) is 5.91. The number of hydrogen-bond donors (Lipinski definition) is 2. The van der Waals surface area contributed by atoms with Gasteiger partial charge in [0.25, 0.3) is 5.56 Å². The zero-order chi connectivity index (χ0) is 19.6. The first-order valence-corrected chi connectivity index (χ1v) is 8.67. The molecule has 0 unspecified atom stereocenters. The van der Waals surface area contributed by atoms with Crippen molar-refractivity contribution in [3.05, 3.63) is 56.6 Å². The number of hydrogen-bond acceptors (Lipinski definition) is 7. The molecule has 1 aliphatic heterocycles. The van der Waals surface area contributed by atoms with E-state index in [1.54, 1.807) is 18.2 Å². The van der Waals surface area contributed by atoms with Gasteiger partial charge in [0.05, 0.1) is 10.0 Å². The van der Waals surface area contributed by atoms with Crippen LogP contribution in [0.1, 0.15) is 25.3 Å². The van der Waals surface area contributed by atoms with Crippen molar-refractivity contribution in [1.29, 1.82) is 0 Å². The molecule has 0 radical (unpaired) electrons. The Labute approximate surface area is 164 Å². The van der Waals surface area contributed by atoms with Crippen LogP contribution in [0, 0.1) is 0 Å². The van der Waals surface area contributed by atoms with Gasteiger partial charge in [-0.15, -0.1) is 5.10 Å². The Balaban J connectivity index is 1.77. The number of aromatic nitrogens is 2. The summed E-state index contributed by atoms with van der Waals surface area (Å²) in [5, 5.41) is 6.70. The molecule has 0 saturated heterocycles. The van der Waals surface area contributed by atoms with Crippen molar-refractivity contribution in [2.24, 2.45) is 4.99 Å². The van der Waals surface area contributed by atoms with Gasteiger partial charge >= 0.3 is 0 Å². The van der Waals surface area contributed by atoms with Gasteiger partial charge in [0.2, 0.25) is 11.8 Å². The van der Waals surface area contributed by atoms with Crippen LogP contribution in [-0.4, -0.2) is 22.6 Å². The summed E-state index contributed by atoms with van der Waals surface area (Å²) in [5.74, 6) is 1.52. The minimum atomic E-state index is -0.270. The highest BCUT2D eigenvalue weighted by Gasteiger charge is 2.16. The number of rotatable bonds is 6. The van der Waals surface area contributed by atoms with Gasteiger partial charge in [-0.2, -0.15) is 4.99 Å². The van der Waals surface area contributed by atoms with E-state index in [0.717, 1.165) is 0 Å². The molecule has 1 aromatic heterocycles. The van der Waals surface area contributed by atoms with Crippen molar-refractivity contribution in [3.8, 4) is 17.4 Å². The molecule has 8 nitrogen and oxygen atoms in total. The van der Waals surface area contributed by atoms with Gasteiger partial charge in [0, 0.05) is 23.8 Å². The highest BCUT2D eigenvalue weighted by atomic mass is 35.5. The van der Waals surface area contributed by atoms with E-state index < -0.39 is 0 Å². The third-order valence-corrected chi connectivity index (χ3v) is 4.09. The molecule has 1 aliphatic rings. The first-order valence-electron chi connectivity index (χ1n) is 7.92. The largest absolute Gasteiger partial charge is 0.485 e. The van der Waals surface area contributed by atoms with E-state index in [1.165, 1.54) is 0 Å². The number of hydroxylamine groups is 1. The maximum atomic E-state index is 11.8. The second-order valence-corrected chi connectivity index (χ2v) is 6.72. The van der Waals surface area contributed by atoms with Crippen LogP contribution in [0.15, 0.2) is 40.4 Å². The highest BCUT2D eigenvalue weighted by Crippen LogP contribution is 2.39. The lowest BCUT2D eigenvalue weighted by Gasteiger charge is -2.12. The molecule has 0 amide bonds. The maximum absolute atomic E-state index is 11.8. The van der Waals surface area contributed by atoms with E-state index >= 15 is 0 Å². The van der Waals surface area contributed by atoms with Crippen molar-refractivity contribution >= 4 is 29.0 Å². The van der Waals surface area contributed by atoms with Gasteiger partial charge in [-0.3, -0.25) is 4.79 Å². The number of benzene rings is 1. The molecule has 10 heteroatoms. The number of aromatic amines is 1. The topological polar surface area (TPSA) is 97.8 Å². The molecule has 27 heavy (non-hydrogen) atoms. The molecule has 2 N–H and O–H groups in total. The molecule has 0 saturated carbocycles. The van der Waals surface area contributed by atoms with Gasteiger partial charge in [0.1, 0.15) is 12.4 Å². The Morgan fingerprint density at radius 1 is 1.26 bits per heavy atom. The lowest BCUT2D eigenvalue weighted by Crippen LogP contribution is -2.23. The van der Waals surface area contributed by atoms with E-state index in [1.807, 2.05) is 13.8 Å². The number of halogens is 2. The average Bonchev–Trinajstić information content (AvgIpc) is 3.03. The third-order valence-electron chi connectivity index (χ3n) is 3.53. The fourth-order valence-corrected chi connectivity index (χ4v) is 2.78. The number of H-pyrrole nitrogens is 1. The van der Waals surface area contributed by atoms with E-state index in [0.29, 0.717) is 17.1 Å². The number of ether oxygens (including phenoxy) is 2. The van der Waals surface area contributed by atoms with E-state index in [2.05, 4.69) is 27.2 Å². The van der Waals surface area contributed by atoms with Crippen LogP contribution < -0.4 is 20.5 Å². The van der Waals surface area contributed by atoms with Crippen LogP contribution in [-0.2, 0) is 4.84 Å². The van der Waals surface area contributed by atoms with Gasteiger partial charge in [-0.1, -0.05) is 37.0 Å². The quantitative estimate of drug-likeness (QED) is 0.751. The van der Waals surface area contributed by atoms with E-state index in [9.17, 15) is 4.79 Å². The van der Waals surface area contributed by atoms with Crippen LogP contribution in [0.5, 0.6) is 17.4 Å². The molecule has 0 spiro atoms. The molecular formula is C17H16Cl2N4O4. The standard InChI is InChI=1S/C17H16Cl2N4O4/c1-8(2)11-6-15(21-22-17(11)24)26-16-12(18)4-10(5-13(16)19)25-7-14-20-9(3)27-23-14/h4-6,8H,3,7H2,1-2H3,(H,20,23)(H,22,24). The molecule has 0 bridgehead atoms. The Morgan fingerprint density at radius 2 is 1.96 bits per heavy atom. The number of aliphatic imine (C=N–C) groups is 1. The molecular weight excluding hydrogens is 395 g/mol. The summed E-state index contributed by atoms with van der Waals surface area (Å²) in [6.45, 7) is 7.45. The second kappa shape index (κ2) is 7.89. The molecule has 2 aromatic rings. The first-order chi connectivity index (χ1) is 12.8. The maximum Gasteiger partial charge on any atom is 0.267 e. The smallest absolute Gasteiger partial charge is 0.267 e. The Kier molecular flexibility index (Phi) is 5.57. The minimum Gasteiger partial charge on any atom is -0.485 e. The number of amidine groups is 1. The third kappa shape index (κ3) is 4.53. The Bertz CT molecular complexity index is 949. The normalized spacial score (nSPS) is 13.2. The lowest BCUT2D eigenvalue weighted by molar-refractivity contribution is 0.175. The van der Waals surface area contributed by atoms with Gasteiger partial charge in [-0.25, -0.2) is 10.6 Å². The summed E-state index contributed by atoms with van der Waals surface area (Å²) in [7, 11) is 0. The monoisotopic (exact) mass is 410 g/mol. The molecule has 0 atom stereocenters. The van der Waals surface area contributed by atoms with Crippen LogP contribution in [0.4, 0.5) is 0 Å². The fraction of sp³-hybridized carbons (Fsp3) is 0.235. The van der Waals surface area contributed by atoms with Gasteiger partial charge in [-0.05, 0) is 12.5 Å². The van der Waals surface area contributed by atoms with E-state index in [-0.39, 0.29) is 45.6 Å². The summed E-state index contributed by atoms with van der Waals surface area (Å²) in [6.07, 6.45) is 0. The number of nitrogens with one attached hydrogen (secondary N) is 2. The Morgan fingerprint density at radius 3 is 2.56 bits per heavy atom. The lowest BCUT2D eigenvalue weighted by atomic mass is 10.1. The van der Waals surface area contributed by atoms with Crippen molar-refractivity contribution < 1.29 is 14.3 Å². The van der Waals surface area contributed by atoms with Crippen molar-refractivity contribution in [3.63, 3.8) is 0 Å². The summed E-state index contributed by atoms with van der Waals surface area (Å²) in [6, 6.07) is 4.64. The molecule has 2 heterocycles. The zero-order valence-corrected chi connectivity index (χ0v) is 16.0. The average molecular weight is 411 g/mol. The van der Waals surface area contributed by atoms with E-state index in [4.69, 9.17) is 37.5 Å². The predicted molar refractivity (Wildman–Crippen MR) is 102 cm³/mol. The number of nitrogens with zero attached hydrogens (tertiary/aromatic N) is 2. The van der Waals surface area contributed by atoms with Crippen molar-refractivity contribution in [1.82, 2.24) is 15.7 Å². The predicted octanol–water partition coefficient (Wildman–Crippen LogP) is 3.78. The van der Waals surface area contributed by atoms with Crippen molar-refractivity contribution in [2.75, 3.05) is 6.61 Å². The first kappa shape index (κ1) is 19.1. The van der Waals surface area contributed by atoms with Crippen molar-refractivity contribution in [2.45, 2.75) is 19.8 Å². The molecule has 0 aliphatic carbocycles.